The molecule has 0 saturated heterocycles. The van der Waals surface area contributed by atoms with Crippen LogP contribution in [0.5, 0.6) is 5.75 Å². The average Bonchev–Trinajstić information content (AvgIpc) is 2.90. The van der Waals surface area contributed by atoms with E-state index in [1.165, 1.54) is 15.3 Å². The minimum Gasteiger partial charge on any atom is -0.486 e. The zero-order chi connectivity index (χ0) is 13.9. The van der Waals surface area contributed by atoms with Gasteiger partial charge in [0.1, 0.15) is 11.9 Å². The summed E-state index contributed by atoms with van der Waals surface area (Å²) in [4.78, 5) is 2.63. The van der Waals surface area contributed by atoms with Crippen molar-refractivity contribution in [3.8, 4) is 5.75 Å². The van der Waals surface area contributed by atoms with E-state index in [9.17, 15) is 0 Å². The van der Waals surface area contributed by atoms with Gasteiger partial charge >= 0.3 is 0 Å². The van der Waals surface area contributed by atoms with Crippen molar-refractivity contribution in [3.63, 3.8) is 0 Å². The summed E-state index contributed by atoms with van der Waals surface area (Å²) in [6, 6.07) is 10.8. The highest BCUT2D eigenvalue weighted by atomic mass is 32.2. The molecule has 106 valence electrons. The van der Waals surface area contributed by atoms with E-state index >= 15 is 0 Å². The molecule has 2 atom stereocenters. The second kappa shape index (κ2) is 6.20. The number of aryl methyl sites for hydroxylation is 1. The van der Waals surface area contributed by atoms with E-state index in [1.807, 2.05) is 17.8 Å². The molecule has 1 aromatic carbocycles. The highest BCUT2D eigenvalue weighted by Gasteiger charge is 2.30. The van der Waals surface area contributed by atoms with Crippen molar-refractivity contribution < 1.29 is 4.74 Å². The number of fused-ring (bicyclic) bond motifs is 1. The fraction of sp³-hybridized carbons (Fsp3) is 0.375. The molecular weight excluding hydrogens is 286 g/mol. The summed E-state index contributed by atoms with van der Waals surface area (Å²) in [6.45, 7) is 5.29. The summed E-state index contributed by atoms with van der Waals surface area (Å²) in [6.07, 6.45) is 0.183. The van der Waals surface area contributed by atoms with Crippen molar-refractivity contribution in [2.75, 3.05) is 12.3 Å². The molecule has 0 fully saturated rings. The molecule has 0 spiro atoms. The number of thioether (sulfide) groups is 1. The first kappa shape index (κ1) is 14.0. The average molecular weight is 305 g/mol. The van der Waals surface area contributed by atoms with Crippen LogP contribution in [0.25, 0.3) is 0 Å². The van der Waals surface area contributed by atoms with Gasteiger partial charge in [0.25, 0.3) is 0 Å². The lowest BCUT2D eigenvalue weighted by Gasteiger charge is -2.32. The number of hydrogen-bond acceptors (Lipinski definition) is 4. The van der Waals surface area contributed by atoms with Gasteiger partial charge in [-0.1, -0.05) is 19.1 Å². The van der Waals surface area contributed by atoms with Crippen LogP contribution >= 0.6 is 23.1 Å². The third-order valence-electron chi connectivity index (χ3n) is 3.56. The van der Waals surface area contributed by atoms with Crippen molar-refractivity contribution in [2.45, 2.75) is 30.9 Å². The van der Waals surface area contributed by atoms with Gasteiger partial charge in [-0.2, -0.15) is 0 Å². The number of rotatable bonds is 4. The Bertz CT molecular complexity index is 581. The molecule has 1 aromatic heterocycles. The van der Waals surface area contributed by atoms with Gasteiger partial charge in [-0.15, -0.1) is 23.1 Å². The van der Waals surface area contributed by atoms with Crippen molar-refractivity contribution in [1.82, 2.24) is 5.32 Å². The lowest BCUT2D eigenvalue weighted by molar-refractivity contribution is 0.167. The molecule has 1 aliphatic rings. The van der Waals surface area contributed by atoms with Crippen LogP contribution in [0.2, 0.25) is 0 Å². The molecule has 4 heteroatoms. The SMILES string of the molecule is CCNC(c1ccsc1C)C1CSc2ccccc2O1. The molecular formula is C16H19NOS2. The summed E-state index contributed by atoms with van der Waals surface area (Å²) in [5.41, 5.74) is 1.38. The number of likely N-dealkylation sites (N-methyl/N-ethyl adjacent to an activating group) is 1. The molecule has 2 unspecified atom stereocenters. The van der Waals surface area contributed by atoms with E-state index in [1.54, 1.807) is 11.3 Å². The van der Waals surface area contributed by atoms with E-state index in [0.29, 0.717) is 0 Å². The first-order valence-corrected chi connectivity index (χ1v) is 8.82. The highest BCUT2D eigenvalue weighted by molar-refractivity contribution is 7.99. The molecule has 0 bridgehead atoms. The van der Waals surface area contributed by atoms with Gasteiger partial charge in [-0.05, 0) is 42.6 Å². The number of benzene rings is 1. The maximum Gasteiger partial charge on any atom is 0.133 e. The molecule has 20 heavy (non-hydrogen) atoms. The standard InChI is InChI=1S/C16H19NOS2/c1-3-17-16(12-8-9-19-11(12)2)14-10-20-15-7-5-4-6-13(15)18-14/h4-9,14,16-17H,3,10H2,1-2H3. The van der Waals surface area contributed by atoms with E-state index in [2.05, 4.69) is 48.8 Å². The molecule has 0 aliphatic carbocycles. The Morgan fingerprint density at radius 2 is 2.20 bits per heavy atom. The summed E-state index contributed by atoms with van der Waals surface area (Å²) in [7, 11) is 0. The normalized spacial score (nSPS) is 19.2. The Morgan fingerprint density at radius 3 is 2.95 bits per heavy atom. The molecule has 1 aliphatic heterocycles. The molecule has 0 saturated carbocycles. The predicted molar refractivity (Wildman–Crippen MR) is 87.1 cm³/mol. The first-order valence-electron chi connectivity index (χ1n) is 6.95. The maximum absolute atomic E-state index is 6.25. The van der Waals surface area contributed by atoms with Gasteiger partial charge in [-0.25, -0.2) is 0 Å². The fourth-order valence-electron chi connectivity index (χ4n) is 2.58. The highest BCUT2D eigenvalue weighted by Crippen LogP contribution is 2.39. The van der Waals surface area contributed by atoms with E-state index in [-0.39, 0.29) is 12.1 Å². The smallest absolute Gasteiger partial charge is 0.133 e. The third-order valence-corrected chi connectivity index (χ3v) is 5.57. The van der Waals surface area contributed by atoms with Gasteiger partial charge in [0.15, 0.2) is 0 Å². The van der Waals surface area contributed by atoms with Crippen LogP contribution in [0.3, 0.4) is 0 Å². The Labute approximate surface area is 128 Å². The largest absolute Gasteiger partial charge is 0.486 e. The van der Waals surface area contributed by atoms with Crippen LogP contribution in [0.15, 0.2) is 40.6 Å². The minimum absolute atomic E-state index is 0.183. The number of thiophene rings is 1. The first-order chi connectivity index (χ1) is 9.79. The second-order valence-electron chi connectivity index (χ2n) is 4.88. The van der Waals surface area contributed by atoms with Crippen LogP contribution < -0.4 is 10.1 Å². The van der Waals surface area contributed by atoms with E-state index < -0.39 is 0 Å². The van der Waals surface area contributed by atoms with Crippen LogP contribution in [-0.2, 0) is 0 Å². The molecule has 3 rings (SSSR count). The number of para-hydroxylation sites is 1. The monoisotopic (exact) mass is 305 g/mol. The van der Waals surface area contributed by atoms with Crippen molar-refractivity contribution in [1.29, 1.82) is 0 Å². The minimum atomic E-state index is 0.183. The van der Waals surface area contributed by atoms with Crippen molar-refractivity contribution in [2.24, 2.45) is 0 Å². The van der Waals surface area contributed by atoms with E-state index in [0.717, 1.165) is 18.0 Å². The second-order valence-corrected chi connectivity index (χ2v) is 7.06. The number of ether oxygens (including phenoxy) is 1. The van der Waals surface area contributed by atoms with Crippen LogP contribution in [0.4, 0.5) is 0 Å². The van der Waals surface area contributed by atoms with Gasteiger partial charge in [-0.3, -0.25) is 0 Å². The molecule has 1 N–H and O–H groups in total. The quantitative estimate of drug-likeness (QED) is 0.912. The zero-order valence-corrected chi connectivity index (χ0v) is 13.4. The summed E-state index contributed by atoms with van der Waals surface area (Å²) < 4.78 is 6.25. The Morgan fingerprint density at radius 1 is 1.35 bits per heavy atom. The molecule has 2 aromatic rings. The maximum atomic E-state index is 6.25. The Balaban J connectivity index is 1.85. The van der Waals surface area contributed by atoms with Gasteiger partial charge in [0.2, 0.25) is 0 Å². The van der Waals surface area contributed by atoms with Crippen molar-refractivity contribution in [3.05, 3.63) is 46.2 Å². The van der Waals surface area contributed by atoms with Gasteiger partial charge < -0.3 is 10.1 Å². The summed E-state index contributed by atoms with van der Waals surface area (Å²) >= 11 is 3.70. The lowest BCUT2D eigenvalue weighted by atomic mass is 10.0. The molecule has 0 amide bonds. The number of hydrogen-bond donors (Lipinski definition) is 1. The fourth-order valence-corrected chi connectivity index (χ4v) is 4.37. The van der Waals surface area contributed by atoms with Crippen LogP contribution in [0, 0.1) is 6.92 Å². The molecule has 0 radical (unpaired) electrons. The van der Waals surface area contributed by atoms with Crippen molar-refractivity contribution >= 4 is 23.1 Å². The Hall–Kier alpha value is -0.970. The summed E-state index contributed by atoms with van der Waals surface area (Å²) in [5.74, 6) is 2.01. The third kappa shape index (κ3) is 2.73. The zero-order valence-electron chi connectivity index (χ0n) is 11.8. The van der Waals surface area contributed by atoms with Crippen LogP contribution in [0.1, 0.15) is 23.4 Å². The summed E-state index contributed by atoms with van der Waals surface area (Å²) in [5, 5.41) is 5.76. The predicted octanol–water partition coefficient (Wildman–Crippen LogP) is 4.26. The topological polar surface area (TPSA) is 21.3 Å². The lowest BCUT2D eigenvalue weighted by Crippen LogP contribution is -2.39. The van der Waals surface area contributed by atoms with Crippen LogP contribution in [-0.4, -0.2) is 18.4 Å². The number of nitrogens with one attached hydrogen (secondary N) is 1. The Kier molecular flexibility index (Phi) is 4.34. The molecule has 2 nitrogen and oxygen atoms in total. The van der Waals surface area contributed by atoms with E-state index in [4.69, 9.17) is 4.74 Å². The van der Waals surface area contributed by atoms with Gasteiger partial charge in [0.05, 0.1) is 6.04 Å². The molecule has 2 heterocycles. The van der Waals surface area contributed by atoms with Gasteiger partial charge in [0, 0.05) is 15.5 Å².